The lowest BCUT2D eigenvalue weighted by Crippen LogP contribution is -2.28. The van der Waals surface area contributed by atoms with E-state index < -0.39 is 0 Å². The molecule has 1 atom stereocenters. The first kappa shape index (κ1) is 17.7. The van der Waals surface area contributed by atoms with Gasteiger partial charge in [-0.2, -0.15) is 0 Å². The second-order valence-corrected chi connectivity index (χ2v) is 7.05. The van der Waals surface area contributed by atoms with Crippen LogP contribution in [0.1, 0.15) is 13.3 Å². The quantitative estimate of drug-likeness (QED) is 0.708. The number of para-hydroxylation sites is 2. The number of nitrogens with zero attached hydrogens (tertiary/aromatic N) is 1. The van der Waals surface area contributed by atoms with Gasteiger partial charge in [0.2, 0.25) is 11.8 Å². The lowest BCUT2D eigenvalue weighted by molar-refractivity contribution is -0.122. The highest BCUT2D eigenvalue weighted by molar-refractivity contribution is 14.1. The Morgan fingerprint density at radius 2 is 1.96 bits per heavy atom. The zero-order valence-corrected chi connectivity index (χ0v) is 16.0. The van der Waals surface area contributed by atoms with Crippen LogP contribution in [-0.4, -0.2) is 25.0 Å². The van der Waals surface area contributed by atoms with Crippen LogP contribution in [0.3, 0.4) is 0 Å². The highest BCUT2D eigenvalue weighted by Gasteiger charge is 2.36. The summed E-state index contributed by atoms with van der Waals surface area (Å²) >= 11 is 2.21. The number of ether oxygens (including phenoxy) is 1. The maximum absolute atomic E-state index is 12.5. The molecule has 1 heterocycles. The van der Waals surface area contributed by atoms with Crippen LogP contribution in [0.4, 0.5) is 11.4 Å². The van der Waals surface area contributed by atoms with Crippen molar-refractivity contribution in [2.75, 3.05) is 23.4 Å². The van der Waals surface area contributed by atoms with Gasteiger partial charge in [0.05, 0.1) is 18.2 Å². The van der Waals surface area contributed by atoms with Gasteiger partial charge in [0.25, 0.3) is 0 Å². The molecule has 0 aromatic heterocycles. The predicted octanol–water partition coefficient (Wildman–Crippen LogP) is 3.68. The largest absolute Gasteiger partial charge is 0.492 e. The van der Waals surface area contributed by atoms with E-state index in [9.17, 15) is 9.59 Å². The molecule has 0 aliphatic carbocycles. The average molecular weight is 450 g/mol. The van der Waals surface area contributed by atoms with E-state index in [1.807, 2.05) is 55.5 Å². The number of amides is 2. The van der Waals surface area contributed by atoms with Crippen molar-refractivity contribution in [3.05, 3.63) is 52.1 Å². The van der Waals surface area contributed by atoms with Crippen LogP contribution in [0.2, 0.25) is 0 Å². The van der Waals surface area contributed by atoms with Crippen LogP contribution in [0, 0.1) is 9.49 Å². The van der Waals surface area contributed by atoms with E-state index in [1.165, 1.54) is 0 Å². The molecule has 25 heavy (non-hydrogen) atoms. The van der Waals surface area contributed by atoms with E-state index in [0.29, 0.717) is 18.9 Å². The van der Waals surface area contributed by atoms with Crippen LogP contribution in [0.15, 0.2) is 48.5 Å². The van der Waals surface area contributed by atoms with Crippen molar-refractivity contribution >= 4 is 45.8 Å². The van der Waals surface area contributed by atoms with Gasteiger partial charge in [0.15, 0.2) is 0 Å². The minimum absolute atomic E-state index is 0.0603. The molecule has 0 saturated carbocycles. The van der Waals surface area contributed by atoms with Gasteiger partial charge in [-0.1, -0.05) is 12.1 Å². The van der Waals surface area contributed by atoms with Gasteiger partial charge < -0.3 is 15.0 Å². The van der Waals surface area contributed by atoms with Crippen molar-refractivity contribution in [1.82, 2.24) is 0 Å². The molecule has 5 nitrogen and oxygen atoms in total. The Kier molecular flexibility index (Phi) is 5.57. The summed E-state index contributed by atoms with van der Waals surface area (Å²) in [5.74, 6) is 0.0966. The molecule has 1 fully saturated rings. The highest BCUT2D eigenvalue weighted by Crippen LogP contribution is 2.33. The summed E-state index contributed by atoms with van der Waals surface area (Å²) in [4.78, 5) is 26.6. The molecule has 2 amide bonds. The summed E-state index contributed by atoms with van der Waals surface area (Å²) in [6.07, 6.45) is 0.205. The number of carbonyl (C=O) groups excluding carboxylic acids is 2. The van der Waals surface area contributed by atoms with Gasteiger partial charge in [0, 0.05) is 22.2 Å². The molecule has 130 valence electrons. The number of anilines is 2. The second-order valence-electron chi connectivity index (χ2n) is 5.80. The van der Waals surface area contributed by atoms with Gasteiger partial charge >= 0.3 is 0 Å². The standard InChI is InChI=1S/C19H19IN2O3/c1-2-25-17-6-4-3-5-16(17)22-12-13(11-18(22)23)19(24)21-15-9-7-14(20)8-10-15/h3-10,13H,2,11-12H2,1H3,(H,21,24)/t13-/m0/s1. The molecule has 2 aromatic rings. The molecule has 3 rings (SSSR count). The van der Waals surface area contributed by atoms with Crippen LogP contribution in [-0.2, 0) is 9.59 Å². The lowest BCUT2D eigenvalue weighted by Gasteiger charge is -2.20. The smallest absolute Gasteiger partial charge is 0.229 e. The summed E-state index contributed by atoms with van der Waals surface area (Å²) in [6.45, 7) is 2.79. The van der Waals surface area contributed by atoms with Crippen LogP contribution >= 0.6 is 22.6 Å². The number of benzene rings is 2. The predicted molar refractivity (Wildman–Crippen MR) is 106 cm³/mol. The van der Waals surface area contributed by atoms with Crippen molar-refractivity contribution in [2.24, 2.45) is 5.92 Å². The summed E-state index contributed by atoms with van der Waals surface area (Å²) in [6, 6.07) is 15.0. The number of rotatable bonds is 5. The molecule has 6 heteroatoms. The Bertz CT molecular complexity index is 776. The first-order valence-electron chi connectivity index (χ1n) is 8.17. The third kappa shape index (κ3) is 4.12. The fourth-order valence-electron chi connectivity index (χ4n) is 2.85. The van der Waals surface area contributed by atoms with Crippen molar-refractivity contribution in [3.63, 3.8) is 0 Å². The summed E-state index contributed by atoms with van der Waals surface area (Å²) in [7, 11) is 0. The van der Waals surface area contributed by atoms with E-state index in [1.54, 1.807) is 4.90 Å². The maximum atomic E-state index is 12.5. The maximum Gasteiger partial charge on any atom is 0.229 e. The normalized spacial score (nSPS) is 16.8. The van der Waals surface area contributed by atoms with Crippen molar-refractivity contribution in [1.29, 1.82) is 0 Å². The van der Waals surface area contributed by atoms with E-state index in [4.69, 9.17) is 4.74 Å². The zero-order chi connectivity index (χ0) is 17.8. The van der Waals surface area contributed by atoms with Gasteiger partial charge in [-0.25, -0.2) is 0 Å². The number of halogens is 1. The van der Waals surface area contributed by atoms with Crippen molar-refractivity contribution < 1.29 is 14.3 Å². The summed E-state index contributed by atoms with van der Waals surface area (Å²) in [5.41, 5.74) is 1.46. The third-order valence-corrected chi connectivity index (χ3v) is 4.78. The molecule has 0 radical (unpaired) electrons. The number of carbonyl (C=O) groups is 2. The number of hydrogen-bond acceptors (Lipinski definition) is 3. The van der Waals surface area contributed by atoms with E-state index in [2.05, 4.69) is 27.9 Å². The SMILES string of the molecule is CCOc1ccccc1N1C[C@@H](C(=O)Nc2ccc(I)cc2)CC1=O. The summed E-state index contributed by atoms with van der Waals surface area (Å²) in [5, 5.41) is 2.89. The van der Waals surface area contributed by atoms with Crippen LogP contribution < -0.4 is 15.0 Å². The molecule has 1 aliphatic heterocycles. The van der Waals surface area contributed by atoms with Crippen LogP contribution in [0.25, 0.3) is 0 Å². The molecule has 0 unspecified atom stereocenters. The minimum atomic E-state index is -0.374. The van der Waals surface area contributed by atoms with Gasteiger partial charge in [-0.05, 0) is 65.9 Å². The Morgan fingerprint density at radius 3 is 2.68 bits per heavy atom. The fourth-order valence-corrected chi connectivity index (χ4v) is 3.21. The van der Waals surface area contributed by atoms with Gasteiger partial charge in [-0.3, -0.25) is 9.59 Å². The topological polar surface area (TPSA) is 58.6 Å². The first-order valence-corrected chi connectivity index (χ1v) is 9.25. The fraction of sp³-hybridized carbons (Fsp3) is 0.263. The Labute approximate surface area is 160 Å². The van der Waals surface area contributed by atoms with Crippen molar-refractivity contribution in [2.45, 2.75) is 13.3 Å². The van der Waals surface area contributed by atoms with Gasteiger partial charge in [-0.15, -0.1) is 0 Å². The Hall–Kier alpha value is -2.09. The van der Waals surface area contributed by atoms with Crippen molar-refractivity contribution in [3.8, 4) is 5.75 Å². The Morgan fingerprint density at radius 1 is 1.24 bits per heavy atom. The first-order chi connectivity index (χ1) is 12.1. The lowest BCUT2D eigenvalue weighted by atomic mass is 10.1. The number of hydrogen-bond donors (Lipinski definition) is 1. The van der Waals surface area contributed by atoms with Crippen LogP contribution in [0.5, 0.6) is 5.75 Å². The zero-order valence-electron chi connectivity index (χ0n) is 13.9. The molecular formula is C19H19IN2O3. The summed E-state index contributed by atoms with van der Waals surface area (Å²) < 4.78 is 6.71. The second kappa shape index (κ2) is 7.86. The molecule has 2 aromatic carbocycles. The third-order valence-electron chi connectivity index (χ3n) is 4.06. The molecule has 0 bridgehead atoms. The molecule has 1 N–H and O–H groups in total. The molecule has 1 aliphatic rings. The van der Waals surface area contributed by atoms with E-state index in [0.717, 1.165) is 14.9 Å². The van der Waals surface area contributed by atoms with E-state index in [-0.39, 0.29) is 24.2 Å². The van der Waals surface area contributed by atoms with Gasteiger partial charge in [0.1, 0.15) is 5.75 Å². The minimum Gasteiger partial charge on any atom is -0.492 e. The average Bonchev–Trinajstić information content (AvgIpc) is 2.99. The number of nitrogens with one attached hydrogen (secondary N) is 1. The Balaban J connectivity index is 1.72. The molecular weight excluding hydrogens is 431 g/mol. The molecule has 1 saturated heterocycles. The monoisotopic (exact) mass is 450 g/mol. The molecule has 0 spiro atoms. The highest BCUT2D eigenvalue weighted by atomic mass is 127. The van der Waals surface area contributed by atoms with E-state index >= 15 is 0 Å².